The van der Waals surface area contributed by atoms with Crippen LogP contribution in [0.25, 0.3) is 22.6 Å². The third kappa shape index (κ3) is 3.30. The van der Waals surface area contributed by atoms with Gasteiger partial charge in [-0.25, -0.2) is 4.98 Å². The molecule has 0 aliphatic heterocycles. The molecule has 0 aliphatic rings. The summed E-state index contributed by atoms with van der Waals surface area (Å²) in [5.74, 6) is 2.13. The monoisotopic (exact) mass is 338 g/mol. The number of oxazole rings is 1. The average molecular weight is 338 g/mol. The molecule has 0 saturated carbocycles. The van der Waals surface area contributed by atoms with Gasteiger partial charge in [0.25, 0.3) is 5.22 Å². The van der Waals surface area contributed by atoms with E-state index in [1.54, 1.807) is 12.4 Å². The topological polar surface area (TPSA) is 77.8 Å². The number of benzene rings is 1. The zero-order chi connectivity index (χ0) is 16.2. The quantitative estimate of drug-likeness (QED) is 0.388. The summed E-state index contributed by atoms with van der Waals surface area (Å²) in [5.41, 5.74) is 2.61. The summed E-state index contributed by atoms with van der Waals surface area (Å²) in [6.45, 7) is 0. The Morgan fingerprint density at radius 2 is 1.83 bits per heavy atom. The van der Waals surface area contributed by atoms with Gasteiger partial charge in [0.15, 0.2) is 11.5 Å². The number of aromatic nitrogens is 4. The van der Waals surface area contributed by atoms with Crippen LogP contribution in [0.15, 0.2) is 62.8 Å². The number of hydrogen-bond donors (Lipinski definition) is 0. The molecule has 0 radical (unpaired) electrons. The van der Waals surface area contributed by atoms with Gasteiger partial charge in [0.05, 0.1) is 0 Å². The van der Waals surface area contributed by atoms with Crippen molar-refractivity contribution in [1.29, 1.82) is 0 Å². The Balaban J connectivity index is 1.30. The molecule has 4 rings (SSSR count). The number of nitrogens with zero attached hydrogens (tertiary/aromatic N) is 4. The second-order valence-corrected chi connectivity index (χ2v) is 6.18. The number of para-hydroxylation sites is 2. The van der Waals surface area contributed by atoms with E-state index < -0.39 is 0 Å². The molecular weight excluding hydrogens is 324 g/mol. The Bertz CT molecular complexity index is 903. The summed E-state index contributed by atoms with van der Waals surface area (Å²) in [5, 5.41) is 8.68. The van der Waals surface area contributed by atoms with Crippen molar-refractivity contribution in [3.63, 3.8) is 0 Å². The molecule has 4 aromatic rings. The molecular formula is C17H14N4O2S. The van der Waals surface area contributed by atoms with Crippen molar-refractivity contribution in [2.45, 2.75) is 18.1 Å². The van der Waals surface area contributed by atoms with Gasteiger partial charge in [-0.3, -0.25) is 4.98 Å². The van der Waals surface area contributed by atoms with Crippen LogP contribution in [-0.2, 0) is 6.42 Å². The average Bonchev–Trinajstić information content (AvgIpc) is 3.26. The Morgan fingerprint density at radius 1 is 0.958 bits per heavy atom. The standard InChI is InChI=1S/C17H14N4O2S/c1-2-5-14-13(4-1)19-15(22-14)6-3-11-24-17-21-20-16(23-17)12-7-9-18-10-8-12/h1-2,4-5,7-10H,3,6,11H2. The van der Waals surface area contributed by atoms with Gasteiger partial charge in [-0.05, 0) is 30.7 Å². The van der Waals surface area contributed by atoms with Gasteiger partial charge in [0.1, 0.15) is 5.52 Å². The summed E-state index contributed by atoms with van der Waals surface area (Å²) in [7, 11) is 0. The maximum absolute atomic E-state index is 5.70. The molecule has 0 aliphatic carbocycles. The summed E-state index contributed by atoms with van der Waals surface area (Å²) in [6, 6.07) is 11.5. The van der Waals surface area contributed by atoms with Crippen molar-refractivity contribution in [3.05, 3.63) is 54.7 Å². The van der Waals surface area contributed by atoms with Gasteiger partial charge < -0.3 is 8.83 Å². The lowest BCUT2D eigenvalue weighted by Crippen LogP contribution is -1.87. The van der Waals surface area contributed by atoms with E-state index in [2.05, 4.69) is 20.2 Å². The number of fused-ring (bicyclic) bond motifs is 1. The van der Waals surface area contributed by atoms with Gasteiger partial charge in [-0.15, -0.1) is 10.2 Å². The Kier molecular flexibility index (Phi) is 4.24. The van der Waals surface area contributed by atoms with Crippen LogP contribution in [0.5, 0.6) is 0 Å². The van der Waals surface area contributed by atoms with Crippen molar-refractivity contribution in [3.8, 4) is 11.5 Å². The minimum atomic E-state index is 0.513. The molecule has 1 aromatic carbocycles. The van der Waals surface area contributed by atoms with Crippen LogP contribution in [0, 0.1) is 0 Å². The minimum Gasteiger partial charge on any atom is -0.441 e. The lowest BCUT2D eigenvalue weighted by atomic mass is 10.3. The zero-order valence-electron chi connectivity index (χ0n) is 12.8. The fourth-order valence-corrected chi connectivity index (χ4v) is 2.99. The molecule has 3 heterocycles. The molecule has 0 atom stereocenters. The van der Waals surface area contributed by atoms with Crippen LogP contribution >= 0.6 is 11.8 Å². The van der Waals surface area contributed by atoms with Crippen LogP contribution in [-0.4, -0.2) is 25.9 Å². The highest BCUT2D eigenvalue weighted by Gasteiger charge is 2.09. The van der Waals surface area contributed by atoms with Crippen molar-refractivity contribution in [1.82, 2.24) is 20.2 Å². The first-order valence-electron chi connectivity index (χ1n) is 7.60. The van der Waals surface area contributed by atoms with Gasteiger partial charge >= 0.3 is 0 Å². The summed E-state index contributed by atoms with van der Waals surface area (Å²) >= 11 is 1.54. The molecule has 0 unspecified atom stereocenters. The molecule has 24 heavy (non-hydrogen) atoms. The zero-order valence-corrected chi connectivity index (χ0v) is 13.6. The predicted octanol–water partition coefficient (Wildman–Crippen LogP) is 4.00. The largest absolute Gasteiger partial charge is 0.441 e. The van der Waals surface area contributed by atoms with E-state index in [9.17, 15) is 0 Å². The molecule has 7 heteroatoms. The van der Waals surface area contributed by atoms with Crippen molar-refractivity contribution >= 4 is 22.9 Å². The van der Waals surface area contributed by atoms with Crippen LogP contribution < -0.4 is 0 Å². The number of pyridine rings is 1. The molecule has 3 aromatic heterocycles. The van der Waals surface area contributed by atoms with E-state index in [0.717, 1.165) is 41.1 Å². The first-order chi connectivity index (χ1) is 11.9. The Hall–Kier alpha value is -2.67. The lowest BCUT2D eigenvalue weighted by molar-refractivity contribution is 0.465. The van der Waals surface area contributed by atoms with E-state index in [-0.39, 0.29) is 0 Å². The van der Waals surface area contributed by atoms with E-state index in [4.69, 9.17) is 8.83 Å². The fraction of sp³-hybridized carbons (Fsp3) is 0.176. The van der Waals surface area contributed by atoms with Crippen LogP contribution in [0.1, 0.15) is 12.3 Å². The predicted molar refractivity (Wildman–Crippen MR) is 90.6 cm³/mol. The van der Waals surface area contributed by atoms with Crippen LogP contribution in [0.4, 0.5) is 0 Å². The van der Waals surface area contributed by atoms with Crippen LogP contribution in [0.3, 0.4) is 0 Å². The van der Waals surface area contributed by atoms with E-state index in [1.165, 1.54) is 11.8 Å². The molecule has 0 amide bonds. The molecule has 0 saturated heterocycles. The number of thioether (sulfide) groups is 1. The highest BCUT2D eigenvalue weighted by Crippen LogP contribution is 2.23. The maximum Gasteiger partial charge on any atom is 0.276 e. The Morgan fingerprint density at radius 3 is 2.71 bits per heavy atom. The van der Waals surface area contributed by atoms with Gasteiger partial charge in [-0.1, -0.05) is 23.9 Å². The summed E-state index contributed by atoms with van der Waals surface area (Å²) < 4.78 is 11.3. The van der Waals surface area contributed by atoms with Gasteiger partial charge in [-0.2, -0.15) is 0 Å². The second kappa shape index (κ2) is 6.84. The van der Waals surface area contributed by atoms with Gasteiger partial charge in [0.2, 0.25) is 5.89 Å². The minimum absolute atomic E-state index is 0.513. The van der Waals surface area contributed by atoms with E-state index in [0.29, 0.717) is 11.1 Å². The fourth-order valence-electron chi connectivity index (χ4n) is 2.29. The number of aryl methyl sites for hydroxylation is 1. The number of rotatable bonds is 6. The maximum atomic E-state index is 5.70. The molecule has 0 N–H and O–H groups in total. The van der Waals surface area contributed by atoms with Crippen molar-refractivity contribution in [2.75, 3.05) is 5.75 Å². The lowest BCUT2D eigenvalue weighted by Gasteiger charge is -1.95. The highest BCUT2D eigenvalue weighted by molar-refractivity contribution is 7.99. The molecule has 6 nitrogen and oxygen atoms in total. The third-order valence-electron chi connectivity index (χ3n) is 3.43. The number of hydrogen-bond acceptors (Lipinski definition) is 7. The molecule has 120 valence electrons. The second-order valence-electron chi connectivity index (χ2n) is 5.14. The van der Waals surface area contributed by atoms with Gasteiger partial charge in [0, 0.05) is 30.1 Å². The van der Waals surface area contributed by atoms with Crippen molar-refractivity contribution < 1.29 is 8.83 Å². The Labute approximate surface area is 142 Å². The molecule has 0 bridgehead atoms. The first-order valence-corrected chi connectivity index (χ1v) is 8.58. The van der Waals surface area contributed by atoms with Crippen molar-refractivity contribution in [2.24, 2.45) is 0 Å². The SMILES string of the molecule is c1ccc2oc(CCCSc3nnc(-c4ccncc4)o3)nc2c1. The normalized spacial score (nSPS) is 11.2. The molecule has 0 spiro atoms. The summed E-state index contributed by atoms with van der Waals surface area (Å²) in [6.07, 6.45) is 5.11. The van der Waals surface area contributed by atoms with E-state index >= 15 is 0 Å². The third-order valence-corrected chi connectivity index (χ3v) is 4.34. The van der Waals surface area contributed by atoms with Crippen LogP contribution in [0.2, 0.25) is 0 Å². The summed E-state index contributed by atoms with van der Waals surface area (Å²) in [4.78, 5) is 8.44. The highest BCUT2D eigenvalue weighted by atomic mass is 32.2. The molecule has 0 fully saturated rings. The smallest absolute Gasteiger partial charge is 0.276 e. The van der Waals surface area contributed by atoms with E-state index in [1.807, 2.05) is 36.4 Å². The first kappa shape index (κ1) is 14.9.